The molecule has 3 aromatic heterocycles. The first kappa shape index (κ1) is 18.4. The van der Waals surface area contributed by atoms with E-state index in [2.05, 4.69) is 25.1 Å². The van der Waals surface area contributed by atoms with Crippen molar-refractivity contribution < 1.29 is 9.15 Å². The van der Waals surface area contributed by atoms with Crippen LogP contribution in [0.1, 0.15) is 16.8 Å². The minimum absolute atomic E-state index is 0.112. The highest BCUT2D eigenvalue weighted by atomic mass is 16.5. The maximum absolute atomic E-state index is 12.7. The number of benzene rings is 1. The van der Waals surface area contributed by atoms with Crippen molar-refractivity contribution in [3.8, 4) is 28.6 Å². The zero-order chi connectivity index (χ0) is 20.5. The summed E-state index contributed by atoms with van der Waals surface area (Å²) in [6.45, 7) is 2.05. The summed E-state index contributed by atoms with van der Waals surface area (Å²) < 4.78 is 10.6. The minimum Gasteiger partial charge on any atom is -0.497 e. The van der Waals surface area contributed by atoms with Gasteiger partial charge in [-0.15, -0.1) is 0 Å². The highest BCUT2D eigenvalue weighted by Gasteiger charge is 2.23. The van der Waals surface area contributed by atoms with Crippen LogP contribution in [0.15, 0.2) is 58.1 Å². The van der Waals surface area contributed by atoms with E-state index in [-0.39, 0.29) is 5.56 Å². The molecular formula is C22H21N5O3. The van der Waals surface area contributed by atoms with E-state index in [9.17, 15) is 4.79 Å². The van der Waals surface area contributed by atoms with Crippen LogP contribution in [0.3, 0.4) is 0 Å². The molecule has 2 N–H and O–H groups in total. The molecule has 0 bridgehead atoms. The number of methoxy groups -OCH3 is 1. The van der Waals surface area contributed by atoms with Crippen molar-refractivity contribution in [1.29, 1.82) is 0 Å². The molecule has 8 heteroatoms. The smallest absolute Gasteiger partial charge is 0.256 e. The molecule has 4 heterocycles. The molecule has 0 atom stereocenters. The number of aromatic amines is 2. The summed E-state index contributed by atoms with van der Waals surface area (Å²) in [5.41, 5.74) is 4.54. The highest BCUT2D eigenvalue weighted by molar-refractivity contribution is 5.63. The van der Waals surface area contributed by atoms with E-state index in [0.717, 1.165) is 34.8 Å². The SMILES string of the molecule is COc1ccc(-c2[nH]ncc2CN2CCc3nc(-c4ccco4)[nH]c(=O)c3C2)cc1. The second kappa shape index (κ2) is 7.64. The summed E-state index contributed by atoms with van der Waals surface area (Å²) >= 11 is 0. The number of hydrogen-bond acceptors (Lipinski definition) is 6. The number of hydrogen-bond donors (Lipinski definition) is 2. The molecule has 0 amide bonds. The van der Waals surface area contributed by atoms with Gasteiger partial charge in [0.15, 0.2) is 11.6 Å². The lowest BCUT2D eigenvalue weighted by Crippen LogP contribution is -2.35. The van der Waals surface area contributed by atoms with E-state index in [0.29, 0.717) is 36.7 Å². The monoisotopic (exact) mass is 403 g/mol. The summed E-state index contributed by atoms with van der Waals surface area (Å²) in [6, 6.07) is 11.4. The maximum atomic E-state index is 12.7. The lowest BCUT2D eigenvalue weighted by atomic mass is 10.0. The molecular weight excluding hydrogens is 382 g/mol. The first-order valence-corrected chi connectivity index (χ1v) is 9.76. The first-order chi connectivity index (χ1) is 14.7. The molecule has 4 aromatic rings. The molecule has 1 aliphatic rings. The number of fused-ring (bicyclic) bond motifs is 1. The first-order valence-electron chi connectivity index (χ1n) is 9.76. The second-order valence-corrected chi connectivity index (χ2v) is 7.28. The van der Waals surface area contributed by atoms with Gasteiger partial charge in [0.1, 0.15) is 5.75 Å². The van der Waals surface area contributed by atoms with E-state index >= 15 is 0 Å². The van der Waals surface area contributed by atoms with Gasteiger partial charge in [0.2, 0.25) is 0 Å². The molecule has 0 aliphatic carbocycles. The van der Waals surface area contributed by atoms with Crippen LogP contribution in [-0.4, -0.2) is 38.7 Å². The fourth-order valence-electron chi connectivity index (χ4n) is 3.83. The van der Waals surface area contributed by atoms with Crippen molar-refractivity contribution in [1.82, 2.24) is 25.1 Å². The predicted molar refractivity (Wildman–Crippen MR) is 111 cm³/mol. The highest BCUT2D eigenvalue weighted by Crippen LogP contribution is 2.26. The molecule has 1 aromatic carbocycles. The van der Waals surface area contributed by atoms with Crippen molar-refractivity contribution >= 4 is 0 Å². The fourth-order valence-corrected chi connectivity index (χ4v) is 3.83. The zero-order valence-corrected chi connectivity index (χ0v) is 16.5. The van der Waals surface area contributed by atoms with Crippen LogP contribution in [0, 0.1) is 0 Å². The van der Waals surface area contributed by atoms with Crippen molar-refractivity contribution in [2.24, 2.45) is 0 Å². The summed E-state index contributed by atoms with van der Waals surface area (Å²) in [6.07, 6.45) is 4.13. The fraction of sp³-hybridized carbons (Fsp3) is 0.227. The van der Waals surface area contributed by atoms with Crippen LogP contribution >= 0.6 is 0 Å². The third-order valence-corrected chi connectivity index (χ3v) is 5.39. The van der Waals surface area contributed by atoms with Crippen LogP contribution in [0.5, 0.6) is 5.75 Å². The van der Waals surface area contributed by atoms with Crippen molar-refractivity contribution in [3.63, 3.8) is 0 Å². The van der Waals surface area contributed by atoms with Crippen molar-refractivity contribution in [3.05, 3.63) is 76.0 Å². The van der Waals surface area contributed by atoms with Gasteiger partial charge in [0, 0.05) is 37.2 Å². The number of nitrogens with one attached hydrogen (secondary N) is 2. The Morgan fingerprint density at radius 3 is 2.87 bits per heavy atom. The lowest BCUT2D eigenvalue weighted by molar-refractivity contribution is 0.242. The molecule has 0 spiro atoms. The Morgan fingerprint density at radius 1 is 1.23 bits per heavy atom. The lowest BCUT2D eigenvalue weighted by Gasteiger charge is -2.27. The Hall–Kier alpha value is -3.65. The summed E-state index contributed by atoms with van der Waals surface area (Å²) in [4.78, 5) is 22.4. The molecule has 0 saturated carbocycles. The quantitative estimate of drug-likeness (QED) is 0.531. The van der Waals surface area contributed by atoms with Gasteiger partial charge in [-0.3, -0.25) is 14.8 Å². The van der Waals surface area contributed by atoms with E-state index in [1.807, 2.05) is 30.5 Å². The third-order valence-electron chi connectivity index (χ3n) is 5.39. The molecule has 5 rings (SSSR count). The summed E-state index contributed by atoms with van der Waals surface area (Å²) in [7, 11) is 1.65. The van der Waals surface area contributed by atoms with E-state index in [1.54, 1.807) is 25.5 Å². The molecule has 1 aliphatic heterocycles. The topological polar surface area (TPSA) is 100 Å². The second-order valence-electron chi connectivity index (χ2n) is 7.28. The number of ether oxygens (including phenoxy) is 1. The molecule has 0 unspecified atom stereocenters. The predicted octanol–water partition coefficient (Wildman–Crippen LogP) is 2.99. The Bertz CT molecular complexity index is 1210. The molecule has 0 radical (unpaired) electrons. The maximum Gasteiger partial charge on any atom is 0.256 e. The Balaban J connectivity index is 1.36. The molecule has 0 saturated heterocycles. The number of H-pyrrole nitrogens is 2. The average molecular weight is 403 g/mol. The molecule has 8 nitrogen and oxygen atoms in total. The van der Waals surface area contributed by atoms with Crippen LogP contribution in [0.4, 0.5) is 0 Å². The van der Waals surface area contributed by atoms with Gasteiger partial charge in [0.25, 0.3) is 5.56 Å². The van der Waals surface area contributed by atoms with Gasteiger partial charge in [-0.2, -0.15) is 5.10 Å². The Labute approximate surface area is 172 Å². The Morgan fingerprint density at radius 2 is 2.10 bits per heavy atom. The summed E-state index contributed by atoms with van der Waals surface area (Å²) in [5, 5.41) is 7.33. The summed E-state index contributed by atoms with van der Waals surface area (Å²) in [5.74, 6) is 1.86. The minimum atomic E-state index is -0.112. The largest absolute Gasteiger partial charge is 0.497 e. The number of furan rings is 1. The molecule has 0 fully saturated rings. The zero-order valence-electron chi connectivity index (χ0n) is 16.5. The van der Waals surface area contributed by atoms with Gasteiger partial charge in [0.05, 0.1) is 36.5 Å². The van der Waals surface area contributed by atoms with Gasteiger partial charge < -0.3 is 14.1 Å². The molecule has 152 valence electrons. The van der Waals surface area contributed by atoms with Crippen LogP contribution in [-0.2, 0) is 19.5 Å². The standard InChI is InChI=1S/C22H21N5O3/c1-29-16-6-4-14(5-7-16)20-15(11-23-26-20)12-27-9-8-18-17(13-27)22(28)25-21(24-18)19-3-2-10-30-19/h2-7,10-11H,8-9,12-13H2,1H3,(H,23,26)(H,24,25,28). The average Bonchev–Trinajstić information content (AvgIpc) is 3.46. The van der Waals surface area contributed by atoms with Crippen LogP contribution in [0.2, 0.25) is 0 Å². The number of rotatable bonds is 5. The Kier molecular flexibility index (Phi) is 4.68. The van der Waals surface area contributed by atoms with Gasteiger partial charge in [-0.25, -0.2) is 4.98 Å². The van der Waals surface area contributed by atoms with Gasteiger partial charge >= 0.3 is 0 Å². The van der Waals surface area contributed by atoms with Crippen molar-refractivity contribution in [2.75, 3.05) is 13.7 Å². The van der Waals surface area contributed by atoms with Crippen LogP contribution in [0.25, 0.3) is 22.8 Å². The van der Waals surface area contributed by atoms with Crippen LogP contribution < -0.4 is 10.3 Å². The normalized spacial score (nSPS) is 13.9. The van der Waals surface area contributed by atoms with Crippen molar-refractivity contribution in [2.45, 2.75) is 19.5 Å². The van der Waals surface area contributed by atoms with E-state index < -0.39 is 0 Å². The number of aromatic nitrogens is 4. The van der Waals surface area contributed by atoms with Gasteiger partial charge in [-0.1, -0.05) is 0 Å². The van der Waals surface area contributed by atoms with E-state index in [4.69, 9.17) is 9.15 Å². The number of nitrogens with zero attached hydrogens (tertiary/aromatic N) is 3. The third kappa shape index (κ3) is 3.42. The molecule has 30 heavy (non-hydrogen) atoms. The van der Waals surface area contributed by atoms with E-state index in [1.165, 1.54) is 0 Å². The van der Waals surface area contributed by atoms with Gasteiger partial charge in [-0.05, 0) is 36.4 Å².